The highest BCUT2D eigenvalue weighted by Gasteiger charge is 2.49. The van der Waals surface area contributed by atoms with Gasteiger partial charge in [-0.15, -0.1) is 0 Å². The number of hydrogen-bond acceptors (Lipinski definition) is 2. The third-order valence-electron chi connectivity index (χ3n) is 7.25. The summed E-state index contributed by atoms with van der Waals surface area (Å²) in [5, 5.41) is 18.5. The van der Waals surface area contributed by atoms with E-state index < -0.39 is 11.9 Å². The fourth-order valence-electron chi connectivity index (χ4n) is 4.52. The molecule has 0 atom stereocenters. The Hall–Kier alpha value is -1.84. The number of unbranched alkanes of at least 4 members (excludes halogenated alkanes) is 4. The second-order valence-electron chi connectivity index (χ2n) is 9.55. The molecule has 0 unspecified atom stereocenters. The quantitative estimate of drug-likeness (QED) is 0.380. The molecule has 4 heteroatoms. The normalized spacial score (nSPS) is 18.4. The molecule has 2 fully saturated rings. The molecule has 0 aromatic heterocycles. The average Bonchev–Trinajstić information content (AvgIpc) is 3.59. The Balaban J connectivity index is 1.33. The lowest BCUT2D eigenvalue weighted by molar-refractivity contribution is -0.144. The number of aryl methyl sites for hydroxylation is 3. The molecule has 2 saturated carbocycles. The molecule has 0 aliphatic heterocycles. The molecule has 1 aromatic carbocycles. The first-order chi connectivity index (χ1) is 13.9. The Morgan fingerprint density at radius 2 is 1.31 bits per heavy atom. The first-order valence-corrected chi connectivity index (χ1v) is 11.4. The van der Waals surface area contributed by atoms with Crippen LogP contribution in [0.15, 0.2) is 18.2 Å². The van der Waals surface area contributed by atoms with Crippen LogP contribution in [0, 0.1) is 17.8 Å². The molecule has 2 aliphatic carbocycles. The minimum Gasteiger partial charge on any atom is -0.481 e. The monoisotopic (exact) mass is 400 g/mol. The van der Waals surface area contributed by atoms with Gasteiger partial charge in [-0.3, -0.25) is 9.59 Å². The zero-order valence-corrected chi connectivity index (χ0v) is 17.8. The van der Waals surface area contributed by atoms with Gasteiger partial charge >= 0.3 is 11.9 Å². The van der Waals surface area contributed by atoms with Crippen molar-refractivity contribution in [2.45, 2.75) is 96.8 Å². The standard InChI is InChI=1S/C25H36O4/c1-19-10-11-20(8-4-2-3-6-12-24(14-15-24)22(26)27)18-21(19)9-5-7-13-25(16-17-25)23(28)29/h10-11,18H,2-9,12-17H2,1H3,(H,26,27)(H,28,29). The van der Waals surface area contributed by atoms with Crippen molar-refractivity contribution in [2.75, 3.05) is 0 Å². The van der Waals surface area contributed by atoms with Crippen LogP contribution in [-0.2, 0) is 22.4 Å². The molecule has 1 aromatic rings. The van der Waals surface area contributed by atoms with Crippen LogP contribution in [0.25, 0.3) is 0 Å². The summed E-state index contributed by atoms with van der Waals surface area (Å²) in [6.07, 6.45) is 13.8. The minimum absolute atomic E-state index is 0.366. The maximum absolute atomic E-state index is 11.3. The third-order valence-corrected chi connectivity index (χ3v) is 7.25. The highest BCUT2D eigenvalue weighted by molar-refractivity contribution is 5.78. The second-order valence-corrected chi connectivity index (χ2v) is 9.55. The molecule has 3 rings (SSSR count). The Kier molecular flexibility index (Phi) is 7.02. The van der Waals surface area contributed by atoms with Gasteiger partial charge in [0.2, 0.25) is 0 Å². The summed E-state index contributed by atoms with van der Waals surface area (Å²) in [5.74, 6) is -1.20. The number of rotatable bonds is 14. The van der Waals surface area contributed by atoms with Crippen LogP contribution < -0.4 is 0 Å². The van der Waals surface area contributed by atoms with Gasteiger partial charge in [0.1, 0.15) is 0 Å². The average molecular weight is 401 g/mol. The minimum atomic E-state index is -0.606. The van der Waals surface area contributed by atoms with E-state index in [1.807, 2.05) is 0 Å². The van der Waals surface area contributed by atoms with Crippen LogP contribution in [0.5, 0.6) is 0 Å². The molecule has 160 valence electrons. The van der Waals surface area contributed by atoms with Gasteiger partial charge in [-0.1, -0.05) is 43.9 Å². The van der Waals surface area contributed by atoms with Gasteiger partial charge in [-0.05, 0) is 87.8 Å². The lowest BCUT2D eigenvalue weighted by Crippen LogP contribution is -2.14. The number of hydrogen-bond donors (Lipinski definition) is 2. The molecule has 0 amide bonds. The molecular weight excluding hydrogens is 364 g/mol. The van der Waals surface area contributed by atoms with Crippen LogP contribution in [-0.4, -0.2) is 22.2 Å². The van der Waals surface area contributed by atoms with E-state index in [0.29, 0.717) is 0 Å². The predicted octanol–water partition coefficient (Wildman–Crippen LogP) is 5.93. The number of carboxylic acids is 2. The molecule has 0 spiro atoms. The summed E-state index contributed by atoms with van der Waals surface area (Å²) in [7, 11) is 0. The zero-order valence-electron chi connectivity index (χ0n) is 17.8. The van der Waals surface area contributed by atoms with E-state index in [0.717, 1.165) is 89.9 Å². The molecule has 0 radical (unpaired) electrons. The number of benzene rings is 1. The highest BCUT2D eigenvalue weighted by atomic mass is 16.4. The third kappa shape index (κ3) is 5.83. The second kappa shape index (κ2) is 9.32. The van der Waals surface area contributed by atoms with Crippen molar-refractivity contribution >= 4 is 11.9 Å². The summed E-state index contributed by atoms with van der Waals surface area (Å²) in [5.41, 5.74) is 3.37. The first kappa shape index (κ1) is 21.9. The van der Waals surface area contributed by atoms with Crippen LogP contribution >= 0.6 is 0 Å². The lowest BCUT2D eigenvalue weighted by atomic mass is 9.94. The van der Waals surface area contributed by atoms with Gasteiger partial charge in [0.05, 0.1) is 10.8 Å². The molecule has 0 bridgehead atoms. The van der Waals surface area contributed by atoms with Gasteiger partial charge in [0.15, 0.2) is 0 Å². The van der Waals surface area contributed by atoms with Crippen molar-refractivity contribution in [3.8, 4) is 0 Å². The zero-order chi connectivity index (χ0) is 20.9. The van der Waals surface area contributed by atoms with Gasteiger partial charge in [-0.2, -0.15) is 0 Å². The van der Waals surface area contributed by atoms with E-state index in [1.165, 1.54) is 16.7 Å². The fourth-order valence-corrected chi connectivity index (χ4v) is 4.52. The molecule has 0 heterocycles. The van der Waals surface area contributed by atoms with Crippen molar-refractivity contribution in [2.24, 2.45) is 10.8 Å². The molecule has 0 saturated heterocycles. The SMILES string of the molecule is Cc1ccc(CCCCCCC2(C(=O)O)CC2)cc1CCCCC1(C(=O)O)CC1. The van der Waals surface area contributed by atoms with E-state index in [4.69, 9.17) is 0 Å². The van der Waals surface area contributed by atoms with Gasteiger partial charge < -0.3 is 10.2 Å². The summed E-state index contributed by atoms with van der Waals surface area (Å²) < 4.78 is 0. The number of carboxylic acid groups (broad SMARTS) is 2. The van der Waals surface area contributed by atoms with Gasteiger partial charge in [-0.25, -0.2) is 0 Å². The van der Waals surface area contributed by atoms with Gasteiger partial charge in [0, 0.05) is 0 Å². The predicted molar refractivity (Wildman–Crippen MR) is 114 cm³/mol. The highest BCUT2D eigenvalue weighted by Crippen LogP contribution is 2.50. The molecule has 29 heavy (non-hydrogen) atoms. The molecule has 4 nitrogen and oxygen atoms in total. The Bertz CT molecular complexity index is 728. The smallest absolute Gasteiger partial charge is 0.309 e. The Morgan fingerprint density at radius 3 is 1.86 bits per heavy atom. The van der Waals surface area contributed by atoms with Crippen molar-refractivity contribution in [3.63, 3.8) is 0 Å². The van der Waals surface area contributed by atoms with Crippen molar-refractivity contribution in [1.29, 1.82) is 0 Å². The maximum atomic E-state index is 11.3. The van der Waals surface area contributed by atoms with E-state index in [9.17, 15) is 19.8 Å². The van der Waals surface area contributed by atoms with E-state index >= 15 is 0 Å². The maximum Gasteiger partial charge on any atom is 0.309 e. The Labute approximate surface area is 174 Å². The summed E-state index contributed by atoms with van der Waals surface area (Å²) >= 11 is 0. The van der Waals surface area contributed by atoms with Crippen LogP contribution in [0.4, 0.5) is 0 Å². The topological polar surface area (TPSA) is 74.6 Å². The van der Waals surface area contributed by atoms with E-state index in [2.05, 4.69) is 25.1 Å². The van der Waals surface area contributed by atoms with Gasteiger partial charge in [0.25, 0.3) is 0 Å². The molecule has 2 aliphatic rings. The van der Waals surface area contributed by atoms with E-state index in [1.54, 1.807) is 0 Å². The summed E-state index contributed by atoms with van der Waals surface area (Å²) in [4.78, 5) is 22.5. The van der Waals surface area contributed by atoms with Crippen molar-refractivity contribution in [3.05, 3.63) is 34.9 Å². The summed E-state index contributed by atoms with van der Waals surface area (Å²) in [6.45, 7) is 2.16. The number of carbonyl (C=O) groups is 2. The van der Waals surface area contributed by atoms with Crippen molar-refractivity contribution in [1.82, 2.24) is 0 Å². The van der Waals surface area contributed by atoms with Crippen LogP contribution in [0.3, 0.4) is 0 Å². The summed E-state index contributed by atoms with van der Waals surface area (Å²) in [6, 6.07) is 6.78. The number of aliphatic carboxylic acids is 2. The first-order valence-electron chi connectivity index (χ1n) is 11.4. The molecule has 2 N–H and O–H groups in total. The Morgan fingerprint density at radius 1 is 0.793 bits per heavy atom. The van der Waals surface area contributed by atoms with Crippen LogP contribution in [0.1, 0.15) is 93.7 Å². The molecular formula is C25H36O4. The fraction of sp³-hybridized carbons (Fsp3) is 0.680. The largest absolute Gasteiger partial charge is 0.481 e. The lowest BCUT2D eigenvalue weighted by Gasteiger charge is -2.12. The van der Waals surface area contributed by atoms with E-state index in [-0.39, 0.29) is 10.8 Å². The van der Waals surface area contributed by atoms with Crippen LogP contribution in [0.2, 0.25) is 0 Å². The van der Waals surface area contributed by atoms with Crippen molar-refractivity contribution < 1.29 is 19.8 Å².